The molecule has 0 saturated heterocycles. The zero-order chi connectivity index (χ0) is 24.5. The predicted octanol–water partition coefficient (Wildman–Crippen LogP) is 7.53. The molecule has 0 aromatic carbocycles. The van der Waals surface area contributed by atoms with Gasteiger partial charge in [-0.3, -0.25) is 0 Å². The van der Waals surface area contributed by atoms with Crippen molar-refractivity contribution >= 4 is 16.6 Å². The summed E-state index contributed by atoms with van der Waals surface area (Å²) in [6.45, 7) is 29.7. The van der Waals surface area contributed by atoms with Crippen molar-refractivity contribution in [2.75, 3.05) is 13.2 Å². The Balaban J connectivity index is 1.74. The van der Waals surface area contributed by atoms with Gasteiger partial charge in [-0.1, -0.05) is 55.4 Å². The second kappa shape index (κ2) is 8.04. The van der Waals surface area contributed by atoms with Gasteiger partial charge in [0.1, 0.15) is 0 Å². The molecule has 5 atom stereocenters. The highest BCUT2D eigenvalue weighted by molar-refractivity contribution is 6.74. The summed E-state index contributed by atoms with van der Waals surface area (Å²) in [7, 11) is -3.54. The Morgan fingerprint density at radius 1 is 0.906 bits per heavy atom. The van der Waals surface area contributed by atoms with Crippen molar-refractivity contribution in [1.82, 2.24) is 0 Å². The molecule has 0 unspecified atom stereocenters. The van der Waals surface area contributed by atoms with Gasteiger partial charge in [0.05, 0.1) is 12.7 Å². The molecule has 0 spiro atoms. The summed E-state index contributed by atoms with van der Waals surface area (Å²) in [6, 6.07) is 0. The summed E-state index contributed by atoms with van der Waals surface area (Å²) >= 11 is 0. The van der Waals surface area contributed by atoms with E-state index in [1.165, 1.54) is 24.0 Å². The van der Waals surface area contributed by atoms with Crippen LogP contribution in [0, 0.1) is 22.7 Å². The summed E-state index contributed by atoms with van der Waals surface area (Å²) in [5.41, 5.74) is 3.10. The highest BCUT2D eigenvalue weighted by Gasteiger charge is 2.62. The van der Waals surface area contributed by atoms with Crippen LogP contribution in [0.4, 0.5) is 0 Å². The van der Waals surface area contributed by atoms with Crippen molar-refractivity contribution in [3.63, 3.8) is 0 Å². The van der Waals surface area contributed by atoms with E-state index in [9.17, 15) is 5.11 Å². The number of hydrogen-bond acceptors (Lipinski definition) is 3. The van der Waals surface area contributed by atoms with Crippen LogP contribution in [0.3, 0.4) is 0 Å². The van der Waals surface area contributed by atoms with Gasteiger partial charge in [-0.15, -0.1) is 0 Å². The molecule has 0 heterocycles. The summed E-state index contributed by atoms with van der Waals surface area (Å²) in [6.07, 6.45) is 4.25. The van der Waals surface area contributed by atoms with E-state index >= 15 is 0 Å². The topological polar surface area (TPSA) is 38.7 Å². The van der Waals surface area contributed by atoms with Crippen LogP contribution in [0.2, 0.25) is 36.3 Å². The smallest absolute Gasteiger partial charge is 0.192 e. The normalized spacial score (nSPS) is 36.1. The van der Waals surface area contributed by atoms with Gasteiger partial charge in [0.15, 0.2) is 16.6 Å². The minimum atomic E-state index is -1.79. The lowest BCUT2D eigenvalue weighted by Crippen LogP contribution is -2.43. The van der Waals surface area contributed by atoms with Crippen LogP contribution in [-0.4, -0.2) is 41.1 Å². The first-order valence-electron chi connectivity index (χ1n) is 12.9. The quantitative estimate of drug-likeness (QED) is 0.315. The first kappa shape index (κ1) is 26.7. The molecule has 2 fully saturated rings. The zero-order valence-corrected chi connectivity index (χ0v) is 25.2. The van der Waals surface area contributed by atoms with Gasteiger partial charge in [0.2, 0.25) is 0 Å². The third-order valence-electron chi connectivity index (χ3n) is 10.4. The third kappa shape index (κ3) is 4.50. The van der Waals surface area contributed by atoms with Crippen LogP contribution in [0.25, 0.3) is 0 Å². The minimum Gasteiger partial charge on any atom is -0.416 e. The average Bonchev–Trinajstić information content (AvgIpc) is 3.20. The lowest BCUT2D eigenvalue weighted by atomic mass is 9.73. The van der Waals surface area contributed by atoms with Gasteiger partial charge < -0.3 is 14.0 Å². The van der Waals surface area contributed by atoms with Crippen molar-refractivity contribution in [3.8, 4) is 0 Å². The molecule has 5 heteroatoms. The van der Waals surface area contributed by atoms with Crippen LogP contribution in [0.15, 0.2) is 11.1 Å². The van der Waals surface area contributed by atoms with E-state index < -0.39 is 16.6 Å². The first-order valence-corrected chi connectivity index (χ1v) is 18.7. The highest BCUT2D eigenvalue weighted by Crippen LogP contribution is 2.67. The van der Waals surface area contributed by atoms with Gasteiger partial charge in [-0.05, 0) is 95.8 Å². The molecule has 0 bridgehead atoms. The number of hydrogen-bond donors (Lipinski definition) is 1. The molecule has 0 aliphatic heterocycles. The molecule has 0 aromatic rings. The lowest BCUT2D eigenvalue weighted by Gasteiger charge is -2.40. The van der Waals surface area contributed by atoms with Crippen molar-refractivity contribution in [2.45, 2.75) is 123 Å². The van der Waals surface area contributed by atoms with Gasteiger partial charge in [0, 0.05) is 6.61 Å². The molecular weight excluding hydrogens is 428 g/mol. The third-order valence-corrected chi connectivity index (χ3v) is 19.4. The fourth-order valence-electron chi connectivity index (χ4n) is 6.06. The summed E-state index contributed by atoms with van der Waals surface area (Å²) in [5, 5.41) is 12.0. The molecule has 3 rings (SSSR count). The molecule has 3 aliphatic carbocycles. The Bertz CT molecular complexity index is 758. The van der Waals surface area contributed by atoms with Gasteiger partial charge in [0.25, 0.3) is 0 Å². The molecule has 1 N–H and O–H groups in total. The Morgan fingerprint density at radius 3 is 1.97 bits per heavy atom. The molecule has 0 amide bonds. The molecule has 3 aliphatic rings. The highest BCUT2D eigenvalue weighted by atomic mass is 28.4. The standard InChI is InChI=1S/C27H52O3Si2/c1-24(2,3)31(9,10)29-17-19-13-14-27(8)21-16-26(7,15-20(21)23(28)22(19)27)18-30-32(11,12)25(4,5)6/h20-21,23,28H,13-18H2,1-12H3/t20-,21+,23+,26+,27-/m0/s1. The van der Waals surface area contributed by atoms with E-state index in [0.29, 0.717) is 11.8 Å². The fourth-order valence-corrected chi connectivity index (χ4v) is 8.17. The number of aliphatic hydroxyl groups excluding tert-OH is 1. The average molecular weight is 481 g/mol. The second-order valence-electron chi connectivity index (χ2n) is 15.0. The van der Waals surface area contributed by atoms with E-state index in [-0.39, 0.29) is 27.0 Å². The van der Waals surface area contributed by atoms with E-state index in [0.717, 1.165) is 26.1 Å². The van der Waals surface area contributed by atoms with Crippen LogP contribution < -0.4 is 0 Å². The monoisotopic (exact) mass is 480 g/mol. The molecule has 186 valence electrons. The molecule has 0 aromatic heterocycles. The second-order valence-corrected chi connectivity index (χ2v) is 24.6. The molecule has 0 radical (unpaired) electrons. The zero-order valence-electron chi connectivity index (χ0n) is 23.2. The Labute approximate surface area is 201 Å². The largest absolute Gasteiger partial charge is 0.416 e. The van der Waals surface area contributed by atoms with Crippen molar-refractivity contribution < 1.29 is 14.0 Å². The maximum absolute atomic E-state index is 11.5. The Hall–Kier alpha value is 0.0538. The fraction of sp³-hybridized carbons (Fsp3) is 0.926. The van der Waals surface area contributed by atoms with E-state index in [4.69, 9.17) is 8.85 Å². The van der Waals surface area contributed by atoms with Crippen LogP contribution in [-0.2, 0) is 8.85 Å². The maximum Gasteiger partial charge on any atom is 0.192 e. The van der Waals surface area contributed by atoms with E-state index in [2.05, 4.69) is 81.6 Å². The van der Waals surface area contributed by atoms with Crippen molar-refractivity contribution in [2.24, 2.45) is 22.7 Å². The van der Waals surface area contributed by atoms with Gasteiger partial charge in [-0.25, -0.2) is 0 Å². The predicted molar refractivity (Wildman–Crippen MR) is 141 cm³/mol. The van der Waals surface area contributed by atoms with Gasteiger partial charge >= 0.3 is 0 Å². The minimum absolute atomic E-state index is 0.144. The number of aliphatic hydroxyl groups is 1. The van der Waals surface area contributed by atoms with Crippen LogP contribution in [0.5, 0.6) is 0 Å². The van der Waals surface area contributed by atoms with Gasteiger partial charge in [-0.2, -0.15) is 0 Å². The molecule has 3 nitrogen and oxygen atoms in total. The first-order chi connectivity index (χ1) is 14.2. The Kier molecular flexibility index (Phi) is 6.70. The van der Waals surface area contributed by atoms with E-state index in [1.54, 1.807) is 0 Å². The van der Waals surface area contributed by atoms with Crippen molar-refractivity contribution in [1.29, 1.82) is 0 Å². The molecule has 32 heavy (non-hydrogen) atoms. The number of rotatable bonds is 6. The maximum atomic E-state index is 11.5. The Morgan fingerprint density at radius 2 is 1.44 bits per heavy atom. The van der Waals surface area contributed by atoms with E-state index in [1.807, 2.05) is 0 Å². The molecule has 2 saturated carbocycles. The van der Waals surface area contributed by atoms with Crippen LogP contribution >= 0.6 is 0 Å². The summed E-state index contributed by atoms with van der Waals surface area (Å²) in [4.78, 5) is 0. The van der Waals surface area contributed by atoms with Crippen molar-refractivity contribution in [3.05, 3.63) is 11.1 Å². The lowest BCUT2D eigenvalue weighted by molar-refractivity contribution is 0.117. The number of fused-ring (bicyclic) bond motifs is 3. The molecular formula is C27H52O3Si2. The SMILES string of the molecule is CC(C)(C)[Si](C)(C)OCC1=C2[C@H](O)[C@H]3C[C@@](C)(CO[Si](C)(C)C(C)(C)C)C[C@H]3[C@]2(C)CC1. The summed E-state index contributed by atoms with van der Waals surface area (Å²) in [5.74, 6) is 0.956. The van der Waals surface area contributed by atoms with Crippen LogP contribution in [0.1, 0.15) is 81.1 Å². The summed E-state index contributed by atoms with van der Waals surface area (Å²) < 4.78 is 13.3.